The molecule has 0 saturated carbocycles. The second kappa shape index (κ2) is 9.71. The molecule has 7 nitrogen and oxygen atoms in total. The van der Waals surface area contributed by atoms with E-state index < -0.39 is 48.6 Å². The van der Waals surface area contributed by atoms with Crippen molar-refractivity contribution in [1.29, 1.82) is 0 Å². The van der Waals surface area contributed by atoms with Crippen molar-refractivity contribution in [3.63, 3.8) is 0 Å². The van der Waals surface area contributed by atoms with Crippen LogP contribution in [0.1, 0.15) is 40.5 Å². The molecule has 0 bridgehead atoms. The Labute approximate surface area is 154 Å². The maximum atomic E-state index is 12.7. The van der Waals surface area contributed by atoms with Crippen LogP contribution in [0.15, 0.2) is 12.2 Å². The lowest BCUT2D eigenvalue weighted by molar-refractivity contribution is -0.140. The minimum Gasteiger partial charge on any atom is -0.396 e. The van der Waals surface area contributed by atoms with Gasteiger partial charge in [0.2, 0.25) is 0 Å². The van der Waals surface area contributed by atoms with Crippen LogP contribution in [0.4, 0.5) is 0 Å². The first-order valence-corrected chi connectivity index (χ1v) is 9.11. The van der Waals surface area contributed by atoms with Gasteiger partial charge in [0.15, 0.2) is 0 Å². The average Bonchev–Trinajstić information content (AvgIpc) is 3.29. The van der Waals surface area contributed by atoms with E-state index in [1.807, 2.05) is 26.0 Å². The summed E-state index contributed by atoms with van der Waals surface area (Å²) in [6.45, 7) is 5.79. The van der Waals surface area contributed by atoms with Gasteiger partial charge >= 0.3 is 0 Å². The summed E-state index contributed by atoms with van der Waals surface area (Å²) in [5, 5.41) is 40.0. The molecule has 0 aromatic rings. The summed E-state index contributed by atoms with van der Waals surface area (Å²) in [6, 6.07) is 0. The van der Waals surface area contributed by atoms with Crippen molar-refractivity contribution in [2.45, 2.75) is 64.4 Å². The van der Waals surface area contributed by atoms with Gasteiger partial charge < -0.3 is 25.2 Å². The summed E-state index contributed by atoms with van der Waals surface area (Å²) in [7, 11) is 0. The fourth-order valence-electron chi connectivity index (χ4n) is 3.45. The van der Waals surface area contributed by atoms with E-state index >= 15 is 0 Å². The first-order chi connectivity index (χ1) is 12.2. The quantitative estimate of drug-likeness (QED) is 0.285. The van der Waals surface area contributed by atoms with Gasteiger partial charge in [-0.05, 0) is 13.8 Å². The van der Waals surface area contributed by atoms with Crippen LogP contribution in [0, 0.1) is 17.8 Å². The third-order valence-corrected chi connectivity index (χ3v) is 5.25. The maximum absolute atomic E-state index is 12.7. The van der Waals surface area contributed by atoms with Crippen LogP contribution in [-0.2, 0) is 14.3 Å². The first kappa shape index (κ1) is 22.9. The average molecular weight is 372 g/mol. The highest BCUT2D eigenvalue weighted by molar-refractivity contribution is 5.86. The third kappa shape index (κ3) is 4.98. The number of epoxide rings is 1. The van der Waals surface area contributed by atoms with Gasteiger partial charge in [-0.3, -0.25) is 9.59 Å². The topological polar surface area (TPSA) is 128 Å². The molecule has 7 atom stereocenters. The number of rotatable bonds is 12. The van der Waals surface area contributed by atoms with E-state index in [0.717, 1.165) is 0 Å². The van der Waals surface area contributed by atoms with Gasteiger partial charge in [-0.25, -0.2) is 0 Å². The van der Waals surface area contributed by atoms with Gasteiger partial charge in [-0.15, -0.1) is 0 Å². The van der Waals surface area contributed by atoms with Gasteiger partial charge in [0.25, 0.3) is 0 Å². The molecule has 1 heterocycles. The molecule has 0 aromatic heterocycles. The third-order valence-electron chi connectivity index (χ3n) is 5.25. The van der Waals surface area contributed by atoms with Crippen LogP contribution >= 0.6 is 0 Å². The fraction of sp³-hybridized carbons (Fsp3) is 0.789. The van der Waals surface area contributed by atoms with Crippen molar-refractivity contribution in [2.24, 2.45) is 17.8 Å². The predicted molar refractivity (Wildman–Crippen MR) is 95.3 cm³/mol. The summed E-state index contributed by atoms with van der Waals surface area (Å²) >= 11 is 0. The van der Waals surface area contributed by atoms with Crippen molar-refractivity contribution < 1.29 is 34.8 Å². The van der Waals surface area contributed by atoms with Crippen molar-refractivity contribution in [1.82, 2.24) is 0 Å². The van der Waals surface area contributed by atoms with Crippen LogP contribution < -0.4 is 0 Å². The molecule has 1 saturated heterocycles. The molecule has 0 amide bonds. The van der Waals surface area contributed by atoms with E-state index in [1.54, 1.807) is 13.8 Å². The Bertz CT molecular complexity index is 518. The van der Waals surface area contributed by atoms with Crippen molar-refractivity contribution in [3.8, 4) is 0 Å². The smallest absolute Gasteiger partial charge is 0.148 e. The molecule has 1 fully saturated rings. The summed E-state index contributed by atoms with van der Waals surface area (Å²) in [6.07, 6.45) is 0.816. The predicted octanol–water partition coefficient (Wildman–Crippen LogP) is 0.233. The second-order valence-corrected chi connectivity index (χ2v) is 7.20. The van der Waals surface area contributed by atoms with E-state index in [9.17, 15) is 30.0 Å². The SMILES string of the molecule is C/C=C\[C@H](C)[C@H]1O[C@]1(C)[C@@H](O)[C@H](CO)C(=O)[C@@H](CO)[C@@H](O)CC(=O)CC. The van der Waals surface area contributed by atoms with E-state index in [1.165, 1.54) is 0 Å². The molecule has 0 aromatic carbocycles. The molecule has 7 heteroatoms. The highest BCUT2D eigenvalue weighted by Crippen LogP contribution is 2.46. The Morgan fingerprint density at radius 3 is 2.23 bits per heavy atom. The Balaban J connectivity index is 2.88. The Morgan fingerprint density at radius 2 is 1.77 bits per heavy atom. The zero-order valence-electron chi connectivity index (χ0n) is 16.0. The first-order valence-electron chi connectivity index (χ1n) is 9.11. The summed E-state index contributed by atoms with van der Waals surface area (Å²) in [5.74, 6) is -3.34. The van der Waals surface area contributed by atoms with E-state index in [0.29, 0.717) is 0 Å². The van der Waals surface area contributed by atoms with E-state index in [-0.39, 0.29) is 30.6 Å². The maximum Gasteiger partial charge on any atom is 0.148 e. The Kier molecular flexibility index (Phi) is 8.56. The van der Waals surface area contributed by atoms with Crippen LogP contribution in [0.25, 0.3) is 0 Å². The zero-order chi connectivity index (χ0) is 20.1. The number of Topliss-reactive ketones (excluding diaryl/α,β-unsaturated/α-hetero) is 2. The molecule has 0 spiro atoms. The largest absolute Gasteiger partial charge is 0.396 e. The zero-order valence-corrected chi connectivity index (χ0v) is 16.0. The number of hydrogen-bond acceptors (Lipinski definition) is 7. The summed E-state index contributed by atoms with van der Waals surface area (Å²) < 4.78 is 5.63. The van der Waals surface area contributed by atoms with Gasteiger partial charge in [0, 0.05) is 18.8 Å². The molecule has 150 valence electrons. The molecular formula is C19H32O7. The normalized spacial score (nSPS) is 28.4. The lowest BCUT2D eigenvalue weighted by Crippen LogP contribution is -2.47. The highest BCUT2D eigenvalue weighted by atomic mass is 16.6. The monoisotopic (exact) mass is 372 g/mol. The second-order valence-electron chi connectivity index (χ2n) is 7.20. The molecule has 26 heavy (non-hydrogen) atoms. The van der Waals surface area contributed by atoms with Crippen molar-refractivity contribution in [2.75, 3.05) is 13.2 Å². The molecule has 0 unspecified atom stereocenters. The number of ether oxygens (including phenoxy) is 1. The Hall–Kier alpha value is -1.12. The molecule has 1 aliphatic rings. The van der Waals surface area contributed by atoms with Crippen LogP contribution in [-0.4, -0.2) is 69.1 Å². The molecule has 4 N–H and O–H groups in total. The van der Waals surface area contributed by atoms with Crippen LogP contribution in [0.2, 0.25) is 0 Å². The highest BCUT2D eigenvalue weighted by Gasteiger charge is 2.61. The minimum atomic E-state index is -1.35. The van der Waals surface area contributed by atoms with Gasteiger partial charge in [0.05, 0.1) is 43.4 Å². The number of hydrogen-bond donors (Lipinski definition) is 4. The molecule has 0 radical (unpaired) electrons. The number of carbonyl (C=O) groups is 2. The number of carbonyl (C=O) groups excluding carboxylic acids is 2. The van der Waals surface area contributed by atoms with Gasteiger partial charge in [-0.2, -0.15) is 0 Å². The number of aliphatic hydroxyl groups is 4. The van der Waals surface area contributed by atoms with E-state index in [4.69, 9.17) is 4.74 Å². The van der Waals surface area contributed by atoms with Crippen LogP contribution in [0.5, 0.6) is 0 Å². The fourth-order valence-corrected chi connectivity index (χ4v) is 3.45. The number of ketones is 2. The summed E-state index contributed by atoms with van der Waals surface area (Å²) in [5.41, 5.74) is -0.994. The molecule has 1 rings (SSSR count). The molecular weight excluding hydrogens is 340 g/mol. The number of allylic oxidation sites excluding steroid dienone is 1. The lowest BCUT2D eigenvalue weighted by atomic mass is 9.79. The minimum absolute atomic E-state index is 0.0236. The van der Waals surface area contributed by atoms with Gasteiger partial charge in [0.1, 0.15) is 17.2 Å². The summed E-state index contributed by atoms with van der Waals surface area (Å²) in [4.78, 5) is 24.2. The van der Waals surface area contributed by atoms with Gasteiger partial charge in [-0.1, -0.05) is 26.0 Å². The van der Waals surface area contributed by atoms with Crippen molar-refractivity contribution in [3.05, 3.63) is 12.2 Å². The number of aliphatic hydroxyl groups excluding tert-OH is 4. The molecule has 1 aliphatic heterocycles. The standard InChI is InChI=1S/C19H32O7/c1-5-7-11(3)18-19(4,26-18)17(25)14(10-21)16(24)13(9-20)15(23)8-12(22)6-2/h5,7,11,13-15,17-18,20-21,23,25H,6,8-10H2,1-4H3/b7-5-/t11-,13-,14+,15-,17-,18+,19+/m0/s1. The van der Waals surface area contributed by atoms with Crippen molar-refractivity contribution >= 4 is 11.6 Å². The van der Waals surface area contributed by atoms with Crippen LogP contribution in [0.3, 0.4) is 0 Å². The molecule has 0 aliphatic carbocycles. The van der Waals surface area contributed by atoms with E-state index in [2.05, 4.69) is 0 Å². The lowest BCUT2D eigenvalue weighted by Gasteiger charge is -2.28. The Morgan fingerprint density at radius 1 is 1.19 bits per heavy atom.